The molecule has 0 radical (unpaired) electrons. The van der Waals surface area contributed by atoms with Gasteiger partial charge in [0.15, 0.2) is 11.5 Å². The van der Waals surface area contributed by atoms with Crippen molar-refractivity contribution in [2.45, 2.75) is 43.0 Å². The number of rotatable bonds is 6. The van der Waals surface area contributed by atoms with Crippen LogP contribution in [-0.2, 0) is 10.0 Å². The highest BCUT2D eigenvalue weighted by molar-refractivity contribution is 7.89. The Labute approximate surface area is 181 Å². The van der Waals surface area contributed by atoms with Crippen molar-refractivity contribution in [1.29, 1.82) is 0 Å². The molecular formula is C22H26N2O6S. The molecule has 0 unspecified atom stereocenters. The molecule has 2 aliphatic rings. The molecule has 2 N–H and O–H groups in total. The van der Waals surface area contributed by atoms with Gasteiger partial charge in [0.2, 0.25) is 10.0 Å². The minimum atomic E-state index is -3.84. The second-order valence-corrected chi connectivity index (χ2v) is 9.32. The van der Waals surface area contributed by atoms with E-state index >= 15 is 0 Å². The number of hydrogen-bond donors (Lipinski definition) is 2. The molecule has 0 spiro atoms. The number of benzene rings is 2. The van der Waals surface area contributed by atoms with Crippen molar-refractivity contribution in [3.8, 4) is 17.2 Å². The van der Waals surface area contributed by atoms with Crippen molar-refractivity contribution < 1.29 is 27.4 Å². The lowest BCUT2D eigenvalue weighted by molar-refractivity contribution is 0.102. The fourth-order valence-electron chi connectivity index (χ4n) is 3.86. The van der Waals surface area contributed by atoms with Crippen LogP contribution >= 0.6 is 0 Å². The Morgan fingerprint density at radius 1 is 1.00 bits per heavy atom. The summed E-state index contributed by atoms with van der Waals surface area (Å²) in [6.07, 6.45) is 4.75. The van der Waals surface area contributed by atoms with Gasteiger partial charge in [0.1, 0.15) is 23.9 Å². The zero-order valence-corrected chi connectivity index (χ0v) is 18.2. The molecule has 0 saturated heterocycles. The average molecular weight is 447 g/mol. The SMILES string of the molecule is COc1ccc(C(=O)Nc2ccc3c(c2)OCCO3)cc1S(=O)(=O)NC1CCCCC1. The largest absolute Gasteiger partial charge is 0.495 e. The molecule has 1 saturated carbocycles. The topological polar surface area (TPSA) is 103 Å². The third-order valence-electron chi connectivity index (χ3n) is 5.44. The predicted molar refractivity (Wildman–Crippen MR) is 116 cm³/mol. The van der Waals surface area contributed by atoms with E-state index in [0.29, 0.717) is 30.4 Å². The first-order chi connectivity index (χ1) is 15.0. The summed E-state index contributed by atoms with van der Waals surface area (Å²) >= 11 is 0. The van der Waals surface area contributed by atoms with E-state index in [1.165, 1.54) is 25.3 Å². The summed E-state index contributed by atoms with van der Waals surface area (Å²) in [5, 5.41) is 2.78. The highest BCUT2D eigenvalue weighted by Crippen LogP contribution is 2.33. The van der Waals surface area contributed by atoms with E-state index in [-0.39, 0.29) is 22.3 Å². The van der Waals surface area contributed by atoms with E-state index in [1.807, 2.05) is 0 Å². The summed E-state index contributed by atoms with van der Waals surface area (Å²) in [4.78, 5) is 12.8. The van der Waals surface area contributed by atoms with E-state index in [0.717, 1.165) is 32.1 Å². The lowest BCUT2D eigenvalue weighted by atomic mass is 9.96. The number of carbonyl (C=O) groups excluding carboxylic acids is 1. The molecule has 1 aliphatic carbocycles. The third kappa shape index (κ3) is 4.94. The number of nitrogens with one attached hydrogen (secondary N) is 2. The smallest absolute Gasteiger partial charge is 0.255 e. The molecule has 2 aromatic carbocycles. The van der Waals surface area contributed by atoms with E-state index in [2.05, 4.69) is 10.0 Å². The normalized spacial score (nSPS) is 16.5. The molecule has 31 heavy (non-hydrogen) atoms. The Bertz CT molecular complexity index is 1060. The van der Waals surface area contributed by atoms with Crippen LogP contribution in [0, 0.1) is 0 Å². The maximum absolute atomic E-state index is 13.0. The van der Waals surface area contributed by atoms with Crippen molar-refractivity contribution >= 4 is 21.6 Å². The van der Waals surface area contributed by atoms with Crippen molar-refractivity contribution in [3.63, 3.8) is 0 Å². The van der Waals surface area contributed by atoms with Crippen molar-refractivity contribution in [2.24, 2.45) is 0 Å². The van der Waals surface area contributed by atoms with E-state index in [1.54, 1.807) is 18.2 Å². The van der Waals surface area contributed by atoms with Gasteiger partial charge in [-0.2, -0.15) is 0 Å². The Morgan fingerprint density at radius 3 is 2.48 bits per heavy atom. The molecule has 1 aliphatic heterocycles. The quantitative estimate of drug-likeness (QED) is 0.706. The second-order valence-electron chi connectivity index (χ2n) is 7.63. The maximum Gasteiger partial charge on any atom is 0.255 e. The molecule has 9 heteroatoms. The predicted octanol–water partition coefficient (Wildman–Crippen LogP) is 3.33. The highest BCUT2D eigenvalue weighted by Gasteiger charge is 2.26. The van der Waals surface area contributed by atoms with Gasteiger partial charge in [0, 0.05) is 23.4 Å². The monoisotopic (exact) mass is 446 g/mol. The Morgan fingerprint density at radius 2 is 1.74 bits per heavy atom. The van der Waals surface area contributed by atoms with Gasteiger partial charge >= 0.3 is 0 Å². The number of anilines is 1. The Kier molecular flexibility index (Phi) is 6.33. The van der Waals surface area contributed by atoms with E-state index in [9.17, 15) is 13.2 Å². The van der Waals surface area contributed by atoms with Crippen LogP contribution in [0.15, 0.2) is 41.3 Å². The fourth-order valence-corrected chi connectivity index (χ4v) is 5.36. The first-order valence-electron chi connectivity index (χ1n) is 10.4. The molecule has 0 bridgehead atoms. The van der Waals surface area contributed by atoms with Gasteiger partial charge in [-0.3, -0.25) is 4.79 Å². The summed E-state index contributed by atoms with van der Waals surface area (Å²) < 4.78 is 45.1. The summed E-state index contributed by atoms with van der Waals surface area (Å²) in [6.45, 7) is 0.925. The molecule has 1 amide bonds. The van der Waals surface area contributed by atoms with Crippen LogP contribution in [0.5, 0.6) is 17.2 Å². The van der Waals surface area contributed by atoms with Crippen LogP contribution in [0.25, 0.3) is 0 Å². The number of amides is 1. The van der Waals surface area contributed by atoms with E-state index < -0.39 is 15.9 Å². The number of sulfonamides is 1. The molecule has 166 valence electrons. The minimum absolute atomic E-state index is 0.0459. The minimum Gasteiger partial charge on any atom is -0.495 e. The first-order valence-corrected chi connectivity index (χ1v) is 11.9. The summed E-state index contributed by atoms with van der Waals surface area (Å²) in [7, 11) is -2.43. The maximum atomic E-state index is 13.0. The fraction of sp³-hybridized carbons (Fsp3) is 0.409. The molecule has 2 aromatic rings. The number of hydrogen-bond acceptors (Lipinski definition) is 6. The van der Waals surface area contributed by atoms with Crippen LogP contribution in [-0.4, -0.2) is 40.7 Å². The second kappa shape index (κ2) is 9.15. The molecule has 8 nitrogen and oxygen atoms in total. The third-order valence-corrected chi connectivity index (χ3v) is 6.98. The first kappa shape index (κ1) is 21.5. The zero-order chi connectivity index (χ0) is 21.8. The van der Waals surface area contributed by atoms with Gasteiger partial charge in [-0.25, -0.2) is 13.1 Å². The van der Waals surface area contributed by atoms with Crippen LogP contribution in [0.2, 0.25) is 0 Å². The van der Waals surface area contributed by atoms with Gasteiger partial charge in [0.25, 0.3) is 5.91 Å². The van der Waals surface area contributed by atoms with Gasteiger partial charge in [-0.05, 0) is 43.2 Å². The Balaban J connectivity index is 1.55. The van der Waals surface area contributed by atoms with Crippen molar-refractivity contribution in [2.75, 3.05) is 25.6 Å². The standard InChI is InChI=1S/C22H26N2O6S/c1-28-19-9-7-15(13-21(19)31(26,27)24-16-5-3-2-4-6-16)22(25)23-17-8-10-18-20(14-17)30-12-11-29-18/h7-10,13-14,16,24H,2-6,11-12H2,1H3,(H,23,25). The lowest BCUT2D eigenvalue weighted by Gasteiger charge is -2.23. The Hall–Kier alpha value is -2.78. The number of carbonyl (C=O) groups is 1. The van der Waals surface area contributed by atoms with Gasteiger partial charge in [-0.1, -0.05) is 19.3 Å². The van der Waals surface area contributed by atoms with Crippen molar-refractivity contribution in [1.82, 2.24) is 4.72 Å². The van der Waals surface area contributed by atoms with Crippen LogP contribution in [0.1, 0.15) is 42.5 Å². The summed E-state index contributed by atoms with van der Waals surface area (Å²) in [6, 6.07) is 9.38. The molecule has 1 fully saturated rings. The molecule has 4 rings (SSSR count). The number of methoxy groups -OCH3 is 1. The number of ether oxygens (including phenoxy) is 3. The van der Waals surface area contributed by atoms with Crippen LogP contribution < -0.4 is 24.2 Å². The van der Waals surface area contributed by atoms with Gasteiger partial charge in [-0.15, -0.1) is 0 Å². The van der Waals surface area contributed by atoms with Gasteiger partial charge < -0.3 is 19.5 Å². The molecule has 1 heterocycles. The average Bonchev–Trinajstić information content (AvgIpc) is 2.79. The van der Waals surface area contributed by atoms with Crippen LogP contribution in [0.4, 0.5) is 5.69 Å². The molecular weight excluding hydrogens is 420 g/mol. The number of fused-ring (bicyclic) bond motifs is 1. The van der Waals surface area contributed by atoms with Crippen molar-refractivity contribution in [3.05, 3.63) is 42.0 Å². The zero-order valence-electron chi connectivity index (χ0n) is 17.3. The summed E-state index contributed by atoms with van der Waals surface area (Å²) in [5.41, 5.74) is 0.731. The summed E-state index contributed by atoms with van der Waals surface area (Å²) in [5.74, 6) is 0.933. The van der Waals surface area contributed by atoms with Gasteiger partial charge in [0.05, 0.1) is 7.11 Å². The lowest BCUT2D eigenvalue weighted by Crippen LogP contribution is -2.36. The van der Waals surface area contributed by atoms with Crippen LogP contribution in [0.3, 0.4) is 0 Å². The van der Waals surface area contributed by atoms with E-state index in [4.69, 9.17) is 14.2 Å². The molecule has 0 atom stereocenters. The molecule has 0 aromatic heterocycles. The highest BCUT2D eigenvalue weighted by atomic mass is 32.2.